The molecule has 2 aliphatic rings. The van der Waals surface area contributed by atoms with Crippen molar-refractivity contribution in [3.63, 3.8) is 0 Å². The van der Waals surface area contributed by atoms with E-state index in [0.717, 1.165) is 55.9 Å². The second-order valence-corrected chi connectivity index (χ2v) is 8.61. The number of imide groups is 1. The van der Waals surface area contributed by atoms with Crippen LogP contribution in [0.3, 0.4) is 0 Å². The first-order valence-corrected chi connectivity index (χ1v) is 11.1. The van der Waals surface area contributed by atoms with Crippen LogP contribution in [0, 0.1) is 5.92 Å². The molecule has 31 heavy (non-hydrogen) atoms. The minimum absolute atomic E-state index is 0.187. The van der Waals surface area contributed by atoms with Gasteiger partial charge in [-0.2, -0.15) is 0 Å². The molecule has 1 aliphatic carbocycles. The van der Waals surface area contributed by atoms with Gasteiger partial charge in [-0.1, -0.05) is 12.1 Å². The number of nitrogens with zero attached hydrogens (tertiary/aromatic N) is 2. The van der Waals surface area contributed by atoms with E-state index in [0.29, 0.717) is 18.5 Å². The molecule has 1 saturated heterocycles. The smallest absolute Gasteiger partial charge is 0.329 e. The van der Waals surface area contributed by atoms with Crippen molar-refractivity contribution in [3.8, 4) is 0 Å². The Morgan fingerprint density at radius 3 is 2.61 bits per heavy atom. The molecular formula is C23H29N3O5. The average Bonchev–Trinajstić information content (AvgIpc) is 3.03. The van der Waals surface area contributed by atoms with E-state index in [1.807, 2.05) is 18.2 Å². The van der Waals surface area contributed by atoms with Gasteiger partial charge in [0.15, 0.2) is 0 Å². The zero-order valence-corrected chi connectivity index (χ0v) is 17.8. The Balaban J connectivity index is 1.46. The number of aryl methyl sites for hydroxylation is 2. The molecule has 1 N–H and O–H groups in total. The van der Waals surface area contributed by atoms with E-state index in [-0.39, 0.29) is 30.0 Å². The number of benzene rings is 1. The quantitative estimate of drug-likeness (QED) is 0.414. The number of para-hydroxylation sites is 1. The van der Waals surface area contributed by atoms with Crippen LogP contribution in [0.25, 0.3) is 11.0 Å². The van der Waals surface area contributed by atoms with Crippen LogP contribution in [0.2, 0.25) is 0 Å². The van der Waals surface area contributed by atoms with Gasteiger partial charge in [-0.3, -0.25) is 24.0 Å². The number of hydrogen-bond donors (Lipinski definition) is 1. The topological polar surface area (TPSA) is 99.4 Å². The third kappa shape index (κ3) is 4.35. The molecule has 8 heteroatoms. The Bertz CT molecular complexity index is 1050. The van der Waals surface area contributed by atoms with Gasteiger partial charge in [0.25, 0.3) is 0 Å². The summed E-state index contributed by atoms with van der Waals surface area (Å²) >= 11 is 0. The standard InChI is InChI=1S/C23H29N3O5/c1-25-21-16(5-3-13-31-17-9-7-15(14-27)8-10-17)4-2-6-18(21)26(23(25)30)19-11-12-20(28)24-22(19)29/h2,4,6,14-15,17,19H,3,5,7-13H2,1H3,(H,24,28,29). The van der Waals surface area contributed by atoms with Crippen LogP contribution in [0.15, 0.2) is 23.0 Å². The summed E-state index contributed by atoms with van der Waals surface area (Å²) in [6.07, 6.45) is 7.10. The molecule has 1 aliphatic heterocycles. The number of fused-ring (bicyclic) bond motifs is 1. The SMILES string of the molecule is Cn1c(=O)n(C2CCC(=O)NC2=O)c2cccc(CCCOC3CCC(C=O)CC3)c21. The molecule has 8 nitrogen and oxygen atoms in total. The van der Waals surface area contributed by atoms with Gasteiger partial charge in [0.1, 0.15) is 12.3 Å². The summed E-state index contributed by atoms with van der Waals surface area (Å²) < 4.78 is 9.12. The van der Waals surface area contributed by atoms with Crippen molar-refractivity contribution in [3.05, 3.63) is 34.2 Å². The van der Waals surface area contributed by atoms with Crippen LogP contribution in [-0.2, 0) is 32.6 Å². The number of rotatable bonds is 7. The van der Waals surface area contributed by atoms with E-state index >= 15 is 0 Å². The highest BCUT2D eigenvalue weighted by Gasteiger charge is 2.31. The van der Waals surface area contributed by atoms with Gasteiger partial charge in [-0.15, -0.1) is 0 Å². The summed E-state index contributed by atoms with van der Waals surface area (Å²) in [5.74, 6) is -0.532. The van der Waals surface area contributed by atoms with Crippen LogP contribution in [-0.4, -0.2) is 39.9 Å². The van der Waals surface area contributed by atoms with Crippen LogP contribution in [0.4, 0.5) is 0 Å². The molecule has 2 fully saturated rings. The number of hydrogen-bond acceptors (Lipinski definition) is 5. The maximum Gasteiger partial charge on any atom is 0.329 e. The predicted octanol–water partition coefficient (Wildman–Crippen LogP) is 2.02. The van der Waals surface area contributed by atoms with Gasteiger partial charge in [0.05, 0.1) is 17.1 Å². The minimum Gasteiger partial charge on any atom is -0.378 e. The summed E-state index contributed by atoms with van der Waals surface area (Å²) in [6, 6.07) is 5.09. The molecule has 1 unspecified atom stereocenters. The van der Waals surface area contributed by atoms with Gasteiger partial charge in [-0.05, 0) is 56.6 Å². The van der Waals surface area contributed by atoms with Crippen LogP contribution in [0.5, 0.6) is 0 Å². The number of ether oxygens (including phenoxy) is 1. The lowest BCUT2D eigenvalue weighted by Gasteiger charge is -2.25. The van der Waals surface area contributed by atoms with Gasteiger partial charge < -0.3 is 9.53 Å². The molecule has 1 aromatic carbocycles. The van der Waals surface area contributed by atoms with Gasteiger partial charge >= 0.3 is 5.69 Å². The second kappa shape index (κ2) is 9.18. The first-order chi connectivity index (χ1) is 15.0. The molecule has 0 bridgehead atoms. The number of nitrogens with one attached hydrogen (secondary N) is 1. The summed E-state index contributed by atoms with van der Waals surface area (Å²) in [5, 5.41) is 2.34. The summed E-state index contributed by atoms with van der Waals surface area (Å²) in [5.41, 5.74) is 2.33. The molecule has 1 atom stereocenters. The molecule has 2 aromatic rings. The Kier molecular flexibility index (Phi) is 6.36. The van der Waals surface area contributed by atoms with Gasteiger partial charge in [0.2, 0.25) is 11.8 Å². The number of imidazole rings is 1. The van der Waals surface area contributed by atoms with Crippen molar-refractivity contribution in [1.29, 1.82) is 0 Å². The van der Waals surface area contributed by atoms with Crippen LogP contribution >= 0.6 is 0 Å². The molecule has 2 heterocycles. The van der Waals surface area contributed by atoms with Crippen LogP contribution in [0.1, 0.15) is 56.6 Å². The molecule has 2 amide bonds. The fraction of sp³-hybridized carbons (Fsp3) is 0.565. The monoisotopic (exact) mass is 427 g/mol. The van der Waals surface area contributed by atoms with Crippen LogP contribution < -0.4 is 11.0 Å². The molecule has 166 valence electrons. The second-order valence-electron chi connectivity index (χ2n) is 8.61. The van der Waals surface area contributed by atoms with Crippen molar-refractivity contribution in [2.45, 2.75) is 63.5 Å². The fourth-order valence-corrected chi connectivity index (χ4v) is 4.86. The third-order valence-electron chi connectivity index (χ3n) is 6.56. The predicted molar refractivity (Wildman–Crippen MR) is 115 cm³/mol. The van der Waals surface area contributed by atoms with Gasteiger partial charge in [0, 0.05) is 26.0 Å². The molecular weight excluding hydrogens is 398 g/mol. The first kappa shape index (κ1) is 21.5. The normalized spacial score (nSPS) is 24.4. The molecule has 0 radical (unpaired) electrons. The molecule has 1 aromatic heterocycles. The van der Waals surface area contributed by atoms with Crippen molar-refractivity contribution in [2.24, 2.45) is 13.0 Å². The number of carbonyl (C=O) groups is 3. The molecule has 0 spiro atoms. The zero-order chi connectivity index (χ0) is 22.0. The summed E-state index contributed by atoms with van der Waals surface area (Å²) in [4.78, 5) is 47.7. The van der Waals surface area contributed by atoms with Gasteiger partial charge in [-0.25, -0.2) is 4.79 Å². The molecule has 1 saturated carbocycles. The largest absolute Gasteiger partial charge is 0.378 e. The van der Waals surface area contributed by atoms with E-state index < -0.39 is 11.9 Å². The van der Waals surface area contributed by atoms with Crippen molar-refractivity contribution in [1.82, 2.24) is 14.5 Å². The lowest BCUT2D eigenvalue weighted by atomic mass is 9.88. The number of aldehydes is 1. The van der Waals surface area contributed by atoms with Crippen molar-refractivity contribution >= 4 is 29.1 Å². The van der Waals surface area contributed by atoms with E-state index in [9.17, 15) is 19.2 Å². The fourth-order valence-electron chi connectivity index (χ4n) is 4.86. The van der Waals surface area contributed by atoms with E-state index in [4.69, 9.17) is 4.74 Å². The first-order valence-electron chi connectivity index (χ1n) is 11.1. The number of carbonyl (C=O) groups excluding carboxylic acids is 3. The third-order valence-corrected chi connectivity index (χ3v) is 6.56. The molecule has 4 rings (SSSR count). The number of amides is 2. The van der Waals surface area contributed by atoms with E-state index in [2.05, 4.69) is 5.32 Å². The minimum atomic E-state index is -0.672. The Hall–Kier alpha value is -2.74. The Morgan fingerprint density at radius 1 is 1.13 bits per heavy atom. The zero-order valence-electron chi connectivity index (χ0n) is 17.8. The Morgan fingerprint density at radius 2 is 1.90 bits per heavy atom. The van der Waals surface area contributed by atoms with Crippen molar-refractivity contribution in [2.75, 3.05) is 6.61 Å². The summed E-state index contributed by atoms with van der Waals surface area (Å²) in [6.45, 7) is 0.634. The maximum absolute atomic E-state index is 13.0. The van der Waals surface area contributed by atoms with Crippen molar-refractivity contribution < 1.29 is 19.1 Å². The highest BCUT2D eigenvalue weighted by Crippen LogP contribution is 2.27. The lowest BCUT2D eigenvalue weighted by Crippen LogP contribution is -2.44. The maximum atomic E-state index is 13.0. The van der Waals surface area contributed by atoms with E-state index in [1.165, 1.54) is 4.57 Å². The number of piperidine rings is 1. The van der Waals surface area contributed by atoms with E-state index in [1.54, 1.807) is 11.6 Å². The highest BCUT2D eigenvalue weighted by atomic mass is 16.5. The lowest BCUT2D eigenvalue weighted by molar-refractivity contribution is -0.135. The Labute approximate surface area is 180 Å². The average molecular weight is 428 g/mol. The number of aromatic nitrogens is 2. The highest BCUT2D eigenvalue weighted by molar-refractivity contribution is 6.00. The summed E-state index contributed by atoms with van der Waals surface area (Å²) in [7, 11) is 1.72.